The Morgan fingerprint density at radius 3 is 1.15 bits per heavy atom. The second-order valence-electron chi connectivity index (χ2n) is 1.25. The van der Waals surface area contributed by atoms with Gasteiger partial charge in [-0.25, -0.2) is 0 Å². The summed E-state index contributed by atoms with van der Waals surface area (Å²) in [5.74, 6) is -1.44. The van der Waals surface area contributed by atoms with Gasteiger partial charge in [-0.05, 0) is 13.1 Å². The minimum atomic E-state index is -2.33. The van der Waals surface area contributed by atoms with Gasteiger partial charge >= 0.3 is 113 Å². The number of carbonyl (C=O) groups is 2. The molecule has 0 bridgehead atoms. The summed E-state index contributed by atoms with van der Waals surface area (Å²) in [6, 6.07) is 0. The van der Waals surface area contributed by atoms with Crippen LogP contribution in [0.5, 0.6) is 0 Å². The summed E-state index contributed by atoms with van der Waals surface area (Å²) in [5, 5.41) is 34.0. The summed E-state index contributed by atoms with van der Waals surface area (Å²) < 4.78 is 0. The molecule has 9 heteroatoms. The Morgan fingerprint density at radius 1 is 1.08 bits per heavy atom. The fourth-order valence-corrected chi connectivity index (χ4v) is 0. The molecule has 1 unspecified atom stereocenters. The predicted molar refractivity (Wildman–Crippen MR) is 39.3 cm³/mol. The van der Waals surface area contributed by atoms with Gasteiger partial charge in [-0.1, -0.05) is 0 Å². The van der Waals surface area contributed by atoms with E-state index in [1.807, 2.05) is 0 Å². The molecule has 0 saturated carbocycles. The van der Waals surface area contributed by atoms with E-state index in [9.17, 15) is 9.90 Å². The van der Waals surface area contributed by atoms with Gasteiger partial charge < -0.3 is 30.0 Å². The van der Waals surface area contributed by atoms with Crippen LogP contribution >= 0.6 is 0 Å². The van der Waals surface area contributed by atoms with Crippen LogP contribution in [0.25, 0.3) is 0 Å². The van der Waals surface area contributed by atoms with Crippen molar-refractivity contribution in [3.05, 3.63) is 0 Å². The first-order valence-electron chi connectivity index (χ1n) is 2.14. The van der Waals surface area contributed by atoms with Crippen molar-refractivity contribution in [1.29, 1.82) is 0 Å². The molecule has 1 atom stereocenters. The van der Waals surface area contributed by atoms with Gasteiger partial charge in [0.2, 0.25) is 0 Å². The topological polar surface area (TPSA) is 124 Å². The van der Waals surface area contributed by atoms with Gasteiger partial charge in [0.15, 0.2) is 0 Å². The van der Waals surface area contributed by atoms with Crippen LogP contribution in [0.1, 0.15) is 6.92 Å². The number of aliphatic carboxylic acids is 1. The zero-order valence-electron chi connectivity index (χ0n) is 7.19. The first kappa shape index (κ1) is 29.6. The molecule has 0 aromatic heterocycles. The molecule has 0 aliphatic carbocycles. The van der Waals surface area contributed by atoms with Gasteiger partial charge in [-0.15, -0.1) is 0 Å². The number of carbonyl (C=O) groups excluding carboxylic acids is 2. The Morgan fingerprint density at radius 2 is 1.15 bits per heavy atom. The normalized spacial score (nSPS) is 8.15. The fourth-order valence-electron chi connectivity index (χ4n) is 0. The van der Waals surface area contributed by atoms with Gasteiger partial charge in [0.05, 0.1) is 12.1 Å². The van der Waals surface area contributed by atoms with Crippen LogP contribution in [0.2, 0.25) is 0 Å². The van der Waals surface area contributed by atoms with Crippen molar-refractivity contribution in [3.63, 3.8) is 0 Å². The number of aliphatic hydroxyl groups is 1. The fraction of sp³-hybridized carbons (Fsp3) is 0.500. The molecule has 1 N–H and O–H groups in total. The van der Waals surface area contributed by atoms with Crippen LogP contribution in [-0.4, -0.2) is 137 Å². The largest absolute Gasteiger partial charge is 2.00 e. The zero-order valence-corrected chi connectivity index (χ0v) is 13.8. The molecule has 0 rings (SSSR count). The van der Waals surface area contributed by atoms with Crippen molar-refractivity contribution < 1.29 is 30.0 Å². The third kappa shape index (κ3) is 53.7. The standard InChI is InChI=1S/C3H6O3.CH2O3.3Ca/c1-2(4)3(5)6;2-1(3)4;;;/h2,4H,1H3,(H,5,6);(H2,2,3,4);;;/q;;3*+2/p-3. The number of hydrogen-bond donors (Lipinski definition) is 1. The maximum absolute atomic E-state index is 9.34. The summed E-state index contributed by atoms with van der Waals surface area (Å²) in [5.41, 5.74) is 0. The van der Waals surface area contributed by atoms with E-state index in [1.54, 1.807) is 0 Å². The molecular weight excluding hydrogens is 264 g/mol. The molecule has 13 heavy (non-hydrogen) atoms. The monoisotopic (exact) mass is 269 g/mol. The van der Waals surface area contributed by atoms with Gasteiger partial charge in [0, 0.05) is 0 Å². The summed E-state index contributed by atoms with van der Waals surface area (Å²) in [6.07, 6.45) is -3.68. The number of carboxylic acid groups (broad SMARTS) is 3. The second kappa shape index (κ2) is 20.0. The minimum absolute atomic E-state index is 0. The number of carboxylic acids is 1. The van der Waals surface area contributed by atoms with E-state index < -0.39 is 18.2 Å². The van der Waals surface area contributed by atoms with E-state index in [1.165, 1.54) is 0 Å². The number of hydrogen-bond acceptors (Lipinski definition) is 6. The molecule has 0 fully saturated rings. The maximum Gasteiger partial charge on any atom is 2.00 e. The average Bonchev–Trinajstić information content (AvgIpc) is 1.63. The van der Waals surface area contributed by atoms with Crippen LogP contribution in [0.4, 0.5) is 4.79 Å². The molecule has 0 spiro atoms. The molecule has 0 saturated heterocycles. The summed E-state index contributed by atoms with van der Waals surface area (Å²) in [7, 11) is 0. The van der Waals surface area contributed by atoms with Crippen molar-refractivity contribution >= 4 is 125 Å². The molecule has 0 aliphatic heterocycles. The van der Waals surface area contributed by atoms with Gasteiger partial charge in [0.25, 0.3) is 0 Å². The van der Waals surface area contributed by atoms with Crippen molar-refractivity contribution in [3.8, 4) is 0 Å². The molecular formula is C4H5Ca3O6+3. The molecule has 0 aromatic carbocycles. The summed E-state index contributed by atoms with van der Waals surface area (Å²) in [4.78, 5) is 17.7. The molecule has 0 radical (unpaired) electrons. The number of aliphatic hydroxyl groups excluding tert-OH is 1. The third-order valence-electron chi connectivity index (χ3n) is 0.341. The molecule has 0 aliphatic rings. The third-order valence-corrected chi connectivity index (χ3v) is 0.341. The van der Waals surface area contributed by atoms with Crippen LogP contribution in [0.15, 0.2) is 0 Å². The summed E-state index contributed by atoms with van der Waals surface area (Å²) >= 11 is 0. The van der Waals surface area contributed by atoms with Crippen LogP contribution in [0, 0.1) is 0 Å². The molecule has 0 aromatic rings. The first-order chi connectivity index (χ1) is 4.37. The second-order valence-corrected chi connectivity index (χ2v) is 1.25. The average molecular weight is 269 g/mol. The maximum atomic E-state index is 9.34. The molecule has 0 amide bonds. The molecule has 6 nitrogen and oxygen atoms in total. The van der Waals surface area contributed by atoms with Crippen LogP contribution < -0.4 is 15.3 Å². The van der Waals surface area contributed by atoms with Gasteiger partial charge in [-0.3, -0.25) is 0 Å². The van der Waals surface area contributed by atoms with Crippen molar-refractivity contribution in [2.24, 2.45) is 0 Å². The van der Waals surface area contributed by atoms with E-state index in [-0.39, 0.29) is 113 Å². The van der Waals surface area contributed by atoms with E-state index in [2.05, 4.69) is 0 Å². The Hall–Kier alpha value is 2.48. The first-order valence-corrected chi connectivity index (χ1v) is 2.14. The minimum Gasteiger partial charge on any atom is -0.652 e. The smallest absolute Gasteiger partial charge is 0.652 e. The predicted octanol–water partition coefficient (Wildman–Crippen LogP) is -5.47. The van der Waals surface area contributed by atoms with Crippen molar-refractivity contribution in [2.75, 3.05) is 0 Å². The SMILES string of the molecule is CC(O)C(=O)[O-].O=C([O-])[O-].[Ca+2].[Ca+2].[Ca+2]. The quantitative estimate of drug-likeness (QED) is 0.474. The van der Waals surface area contributed by atoms with E-state index in [4.69, 9.17) is 20.1 Å². The number of rotatable bonds is 1. The van der Waals surface area contributed by atoms with Crippen molar-refractivity contribution in [2.45, 2.75) is 13.0 Å². The van der Waals surface area contributed by atoms with Gasteiger partial charge in [-0.2, -0.15) is 0 Å². The van der Waals surface area contributed by atoms with E-state index >= 15 is 0 Å². The van der Waals surface area contributed by atoms with Crippen LogP contribution in [0.3, 0.4) is 0 Å². The van der Waals surface area contributed by atoms with Crippen molar-refractivity contribution in [1.82, 2.24) is 0 Å². The zero-order chi connectivity index (χ0) is 8.73. The Labute approximate surface area is 165 Å². The molecule has 60 valence electrons. The Balaban J connectivity index is -0.0000000279. The Kier molecular flexibility index (Phi) is 45.4. The van der Waals surface area contributed by atoms with E-state index in [0.29, 0.717) is 0 Å². The molecule has 0 heterocycles. The summed E-state index contributed by atoms with van der Waals surface area (Å²) in [6.45, 7) is 1.13. The van der Waals surface area contributed by atoms with Gasteiger partial charge in [0.1, 0.15) is 0 Å². The Bertz CT molecular complexity index is 123. The van der Waals surface area contributed by atoms with Crippen LogP contribution in [-0.2, 0) is 4.79 Å². The van der Waals surface area contributed by atoms with E-state index in [0.717, 1.165) is 6.92 Å².